The van der Waals surface area contributed by atoms with Crippen LogP contribution in [0, 0.1) is 0 Å². The van der Waals surface area contributed by atoms with E-state index in [9.17, 15) is 0 Å². The minimum atomic E-state index is 0. The zero-order chi connectivity index (χ0) is 31.9. The molecule has 8 nitrogen and oxygen atoms in total. The average molecular weight is 780 g/mol. The maximum atomic E-state index is 5.29. The molecule has 0 unspecified atom stereocenters. The van der Waals surface area contributed by atoms with E-state index in [1.165, 1.54) is 0 Å². The summed E-state index contributed by atoms with van der Waals surface area (Å²) in [5, 5.41) is 0. The molecule has 0 spiro atoms. The van der Waals surface area contributed by atoms with Gasteiger partial charge in [0.05, 0.1) is 22.8 Å². The van der Waals surface area contributed by atoms with E-state index in [1.807, 2.05) is 98.1 Å². The second-order valence-electron chi connectivity index (χ2n) is 11.4. The van der Waals surface area contributed by atoms with Crippen LogP contribution in [-0.4, -0.2) is 39.9 Å². The summed E-state index contributed by atoms with van der Waals surface area (Å²) >= 11 is 0. The first-order valence-corrected chi connectivity index (χ1v) is 15.6. The van der Waals surface area contributed by atoms with Crippen LogP contribution >= 0.6 is 0 Å². The predicted molar refractivity (Wildman–Crippen MR) is 192 cm³/mol. The van der Waals surface area contributed by atoms with Gasteiger partial charge >= 0.3 is 17.1 Å². The van der Waals surface area contributed by atoms with Crippen LogP contribution in [-0.2, 0) is 17.1 Å². The van der Waals surface area contributed by atoms with Gasteiger partial charge in [-0.3, -0.25) is 19.9 Å². The van der Waals surface area contributed by atoms with Gasteiger partial charge in [-0.15, -0.1) is 0 Å². The van der Waals surface area contributed by atoms with Crippen molar-refractivity contribution >= 4 is 46.4 Å². The Kier molecular flexibility index (Phi) is 11.9. The molecule has 0 atom stereocenters. The Balaban J connectivity index is 0.00000131. The van der Waals surface area contributed by atoms with Gasteiger partial charge in [-0.25, -0.2) is 9.97 Å². The van der Waals surface area contributed by atoms with Crippen LogP contribution in [0.2, 0.25) is 0 Å². The second-order valence-corrected chi connectivity index (χ2v) is 11.4. The molecule has 7 aromatic heterocycles. The first-order chi connectivity index (χ1) is 23.8. The SMILES string of the molecule is C1=Cc2nc1c(-c1ccncc1)c1ccc([nH]1)c(-c1ccncc1)c1nc(c(-c3ccncc3)c3ccc([nH]3)c2-c2ccncc2)C=C1.[Cl-].[Cl-].[Cl-].[Mn+3]. The normalized spacial score (nSPS) is 11.1. The summed E-state index contributed by atoms with van der Waals surface area (Å²) < 4.78 is 0. The van der Waals surface area contributed by atoms with Crippen molar-refractivity contribution in [3.05, 3.63) is 145 Å². The molecule has 0 aliphatic carbocycles. The summed E-state index contributed by atoms with van der Waals surface area (Å²) in [4.78, 5) is 35.2. The Labute approximate surface area is 328 Å². The largest absolute Gasteiger partial charge is 3.00 e. The first-order valence-electron chi connectivity index (χ1n) is 15.6. The number of aromatic nitrogens is 8. The molecule has 52 heavy (non-hydrogen) atoms. The summed E-state index contributed by atoms with van der Waals surface area (Å²) in [6.07, 6.45) is 22.8. The summed E-state index contributed by atoms with van der Waals surface area (Å²) in [5.74, 6) is 0. The topological polar surface area (TPSA) is 109 Å². The fourth-order valence-corrected chi connectivity index (χ4v) is 6.49. The molecule has 2 N–H and O–H groups in total. The Bertz CT molecular complexity index is 2210. The summed E-state index contributed by atoms with van der Waals surface area (Å²) in [6, 6.07) is 24.6. The number of halogens is 3. The Morgan fingerprint density at radius 2 is 0.519 bits per heavy atom. The molecule has 0 aromatic carbocycles. The van der Waals surface area contributed by atoms with Crippen molar-refractivity contribution in [1.82, 2.24) is 39.9 Å². The van der Waals surface area contributed by atoms with Gasteiger partial charge in [-0.1, -0.05) is 0 Å². The van der Waals surface area contributed by atoms with Crippen LogP contribution < -0.4 is 37.2 Å². The zero-order valence-corrected chi connectivity index (χ0v) is 30.5. The molecule has 9 heterocycles. The molecule has 12 heteroatoms. The van der Waals surface area contributed by atoms with Crippen LogP contribution in [0.4, 0.5) is 0 Å². The number of aromatic amines is 2. The van der Waals surface area contributed by atoms with Crippen molar-refractivity contribution < 1.29 is 54.3 Å². The molecule has 0 fully saturated rings. The molecule has 9 rings (SSSR count). The van der Waals surface area contributed by atoms with Gasteiger partial charge < -0.3 is 47.2 Å². The van der Waals surface area contributed by atoms with E-state index in [-0.39, 0.29) is 54.3 Å². The van der Waals surface area contributed by atoms with Crippen LogP contribution in [0.3, 0.4) is 0 Å². The van der Waals surface area contributed by atoms with E-state index < -0.39 is 0 Å². The zero-order valence-electron chi connectivity index (χ0n) is 27.1. The average Bonchev–Trinajstić information content (AvgIpc) is 3.98. The third kappa shape index (κ3) is 6.93. The number of pyridine rings is 4. The maximum Gasteiger partial charge on any atom is 3.00 e. The van der Waals surface area contributed by atoms with Crippen molar-refractivity contribution in [1.29, 1.82) is 0 Å². The van der Waals surface area contributed by atoms with Gasteiger partial charge in [-0.2, -0.15) is 0 Å². The molecular formula is C40H26Cl3MnN8. The van der Waals surface area contributed by atoms with Gasteiger partial charge in [-0.05, 0) is 119 Å². The smallest absolute Gasteiger partial charge is 1.00 e. The maximum absolute atomic E-state index is 5.29. The molecule has 0 amide bonds. The van der Waals surface area contributed by atoms with E-state index >= 15 is 0 Å². The second kappa shape index (κ2) is 16.3. The molecular weight excluding hydrogens is 754 g/mol. The molecule has 0 saturated heterocycles. The van der Waals surface area contributed by atoms with Crippen LogP contribution in [0.25, 0.3) is 90.9 Å². The molecule has 0 radical (unpaired) electrons. The van der Waals surface area contributed by atoms with Crippen molar-refractivity contribution in [2.24, 2.45) is 0 Å². The molecule has 2 aliphatic rings. The van der Waals surface area contributed by atoms with E-state index in [2.05, 4.69) is 78.5 Å². The Morgan fingerprint density at radius 3 is 0.731 bits per heavy atom. The van der Waals surface area contributed by atoms with Gasteiger partial charge in [0.15, 0.2) is 0 Å². The first kappa shape index (κ1) is 37.8. The fraction of sp³-hybridized carbons (Fsp3) is 0. The third-order valence-electron chi connectivity index (χ3n) is 8.63. The van der Waals surface area contributed by atoms with E-state index in [0.717, 1.165) is 89.4 Å². The fourth-order valence-electron chi connectivity index (χ4n) is 6.49. The number of rotatable bonds is 4. The monoisotopic (exact) mass is 778 g/mol. The van der Waals surface area contributed by atoms with E-state index in [0.29, 0.717) is 0 Å². The minimum absolute atomic E-state index is 0. The van der Waals surface area contributed by atoms with Crippen LogP contribution in [0.15, 0.2) is 122 Å². The molecule has 2 aliphatic heterocycles. The molecule has 0 saturated carbocycles. The summed E-state index contributed by atoms with van der Waals surface area (Å²) in [7, 11) is 0. The third-order valence-corrected chi connectivity index (χ3v) is 8.63. The number of nitrogens with one attached hydrogen (secondary N) is 2. The van der Waals surface area contributed by atoms with Crippen molar-refractivity contribution in [3.8, 4) is 44.5 Å². The van der Waals surface area contributed by atoms with E-state index in [1.54, 1.807) is 0 Å². The van der Waals surface area contributed by atoms with Gasteiger partial charge in [0.25, 0.3) is 0 Å². The van der Waals surface area contributed by atoms with Gasteiger partial charge in [0.1, 0.15) is 0 Å². The Morgan fingerprint density at radius 1 is 0.308 bits per heavy atom. The number of nitrogens with zero attached hydrogens (tertiary/aromatic N) is 6. The van der Waals surface area contributed by atoms with Gasteiger partial charge in [0.2, 0.25) is 0 Å². The van der Waals surface area contributed by atoms with Crippen molar-refractivity contribution in [3.63, 3.8) is 0 Å². The number of hydrogen-bond donors (Lipinski definition) is 2. The predicted octanol–water partition coefficient (Wildman–Crippen LogP) is -0.0869. The standard InChI is InChI=1S/C40H26N8.3ClH.Mn/c1-2-30-38(26-11-19-42-20-12-26)32-5-6-34(47-32)40(28-15-23-44-24-16-28)36-8-7-35(48-36)39(27-13-21-43-22-14-27)33-4-3-31(46-33)37(29(1)45-30)25-9-17-41-18-10-25;;;;/h1-24,45,48H;3*1H;/q;;;;+3/p-3. The molecule has 7 aromatic rings. The van der Waals surface area contributed by atoms with Crippen molar-refractivity contribution in [2.75, 3.05) is 0 Å². The van der Waals surface area contributed by atoms with Crippen LogP contribution in [0.1, 0.15) is 22.8 Å². The molecule has 254 valence electrons. The van der Waals surface area contributed by atoms with Crippen molar-refractivity contribution in [2.45, 2.75) is 0 Å². The summed E-state index contributed by atoms with van der Waals surface area (Å²) in [5.41, 5.74) is 15.0. The quantitative estimate of drug-likeness (QED) is 0.242. The van der Waals surface area contributed by atoms with Gasteiger partial charge in [0, 0.05) is 93.9 Å². The van der Waals surface area contributed by atoms with Crippen LogP contribution in [0.5, 0.6) is 0 Å². The number of fused-ring (bicyclic) bond motifs is 8. The van der Waals surface area contributed by atoms with E-state index in [4.69, 9.17) is 9.97 Å². The Hall–Kier alpha value is -5.41. The molecule has 8 bridgehead atoms. The minimum Gasteiger partial charge on any atom is -1.00 e. The number of hydrogen-bond acceptors (Lipinski definition) is 6. The number of H-pyrrole nitrogens is 2. The summed E-state index contributed by atoms with van der Waals surface area (Å²) in [6.45, 7) is 0.